The molecule has 0 aliphatic rings. The number of nitrogens with zero attached hydrogens (tertiary/aromatic N) is 1. The van der Waals surface area contributed by atoms with Crippen LogP contribution in [0.15, 0.2) is 35.5 Å². The average Bonchev–Trinajstić information content (AvgIpc) is 2.25. The van der Waals surface area contributed by atoms with Crippen molar-refractivity contribution in [2.24, 2.45) is 0 Å². The SMILES string of the molecule is CC(=O)/C(=C\Nc1ccccn1)SC=S. The summed E-state index contributed by atoms with van der Waals surface area (Å²) < 4.78 is 1.45. The first-order chi connectivity index (χ1) is 7.24. The highest BCUT2D eigenvalue weighted by Crippen LogP contribution is 2.14. The van der Waals surface area contributed by atoms with Crippen molar-refractivity contribution >= 4 is 40.3 Å². The van der Waals surface area contributed by atoms with Crippen molar-refractivity contribution in [1.82, 2.24) is 4.98 Å². The van der Waals surface area contributed by atoms with E-state index >= 15 is 0 Å². The maximum Gasteiger partial charge on any atom is 0.167 e. The largest absolute Gasteiger partial charge is 0.345 e. The van der Waals surface area contributed by atoms with Crippen LogP contribution in [0.5, 0.6) is 0 Å². The van der Waals surface area contributed by atoms with Gasteiger partial charge in [0.1, 0.15) is 5.82 Å². The van der Waals surface area contributed by atoms with E-state index in [4.69, 9.17) is 0 Å². The van der Waals surface area contributed by atoms with Crippen LogP contribution in [-0.4, -0.2) is 15.5 Å². The number of hydrogen-bond donors (Lipinski definition) is 1. The Labute approximate surface area is 98.0 Å². The molecular weight excluding hydrogens is 228 g/mol. The number of carbonyl (C=O) groups excluding carboxylic acids is 1. The fraction of sp³-hybridized carbons (Fsp3) is 0.100. The summed E-state index contributed by atoms with van der Waals surface area (Å²) in [7, 11) is 0. The number of hydrogen-bond acceptors (Lipinski definition) is 5. The zero-order chi connectivity index (χ0) is 11.1. The zero-order valence-corrected chi connectivity index (χ0v) is 9.77. The van der Waals surface area contributed by atoms with Gasteiger partial charge in [-0.15, -0.1) is 0 Å². The van der Waals surface area contributed by atoms with Crippen molar-refractivity contribution in [3.63, 3.8) is 0 Å². The van der Waals surface area contributed by atoms with Gasteiger partial charge in [-0.1, -0.05) is 30.0 Å². The van der Waals surface area contributed by atoms with Gasteiger partial charge in [0.05, 0.1) is 4.91 Å². The van der Waals surface area contributed by atoms with E-state index in [1.807, 2.05) is 18.2 Å². The Morgan fingerprint density at radius 3 is 2.93 bits per heavy atom. The van der Waals surface area contributed by atoms with Crippen molar-refractivity contribution in [2.75, 3.05) is 5.32 Å². The third-order valence-electron chi connectivity index (χ3n) is 1.54. The van der Waals surface area contributed by atoms with Gasteiger partial charge >= 0.3 is 0 Å². The summed E-state index contributed by atoms with van der Waals surface area (Å²) in [4.78, 5) is 15.8. The van der Waals surface area contributed by atoms with Gasteiger partial charge in [0.15, 0.2) is 5.78 Å². The van der Waals surface area contributed by atoms with Crippen LogP contribution in [0.4, 0.5) is 5.82 Å². The lowest BCUT2D eigenvalue weighted by Crippen LogP contribution is -1.98. The number of nitrogens with one attached hydrogen (secondary N) is 1. The van der Waals surface area contributed by atoms with Gasteiger partial charge < -0.3 is 5.32 Å². The van der Waals surface area contributed by atoms with Gasteiger partial charge in [-0.25, -0.2) is 4.98 Å². The number of rotatable bonds is 5. The maximum absolute atomic E-state index is 11.1. The highest BCUT2D eigenvalue weighted by Gasteiger charge is 2.02. The first-order valence-electron chi connectivity index (χ1n) is 4.23. The van der Waals surface area contributed by atoms with Crippen molar-refractivity contribution in [1.29, 1.82) is 0 Å². The Hall–Kier alpha value is -1.20. The van der Waals surface area contributed by atoms with Gasteiger partial charge in [-0.2, -0.15) is 0 Å². The number of allylic oxidation sites excluding steroid dienone is 1. The van der Waals surface area contributed by atoms with E-state index in [1.54, 1.807) is 12.4 Å². The van der Waals surface area contributed by atoms with Gasteiger partial charge in [0.25, 0.3) is 0 Å². The molecule has 0 aromatic carbocycles. The lowest BCUT2D eigenvalue weighted by atomic mass is 10.4. The Balaban J connectivity index is 2.69. The van der Waals surface area contributed by atoms with E-state index in [-0.39, 0.29) is 5.78 Å². The number of thiocarbonyl (C=S) groups is 1. The molecule has 1 N–H and O–H groups in total. The second-order valence-corrected chi connectivity index (χ2v) is 4.08. The summed E-state index contributed by atoms with van der Waals surface area (Å²) in [6, 6.07) is 5.51. The van der Waals surface area contributed by atoms with Crippen LogP contribution in [0.1, 0.15) is 6.92 Å². The molecule has 0 aliphatic heterocycles. The zero-order valence-electron chi connectivity index (χ0n) is 8.14. The molecule has 15 heavy (non-hydrogen) atoms. The predicted octanol–water partition coefficient (Wildman–Crippen LogP) is 2.61. The molecule has 0 atom stereocenters. The maximum atomic E-state index is 11.1. The smallest absolute Gasteiger partial charge is 0.167 e. The molecular formula is C10H10N2OS2. The molecule has 0 aliphatic carbocycles. The first kappa shape index (κ1) is 11.9. The topological polar surface area (TPSA) is 42.0 Å². The van der Waals surface area contributed by atoms with E-state index in [2.05, 4.69) is 22.5 Å². The van der Waals surface area contributed by atoms with E-state index in [1.165, 1.54) is 23.4 Å². The summed E-state index contributed by atoms with van der Waals surface area (Å²) in [5.41, 5.74) is 0. The second kappa shape index (κ2) is 6.31. The van der Waals surface area contributed by atoms with Crippen LogP contribution in [0.2, 0.25) is 0 Å². The van der Waals surface area contributed by atoms with Gasteiger partial charge in [-0.3, -0.25) is 4.79 Å². The Bertz CT molecular complexity index is 376. The molecule has 0 saturated carbocycles. The summed E-state index contributed by atoms with van der Waals surface area (Å²) in [6.45, 7) is 1.50. The summed E-state index contributed by atoms with van der Waals surface area (Å²) in [5.74, 6) is 0.672. The molecule has 0 fully saturated rings. The van der Waals surface area contributed by atoms with Gasteiger partial charge in [-0.05, 0) is 19.1 Å². The Morgan fingerprint density at radius 1 is 1.60 bits per heavy atom. The van der Waals surface area contributed by atoms with E-state index in [0.29, 0.717) is 10.7 Å². The van der Waals surface area contributed by atoms with Crippen LogP contribution in [-0.2, 0) is 4.79 Å². The molecule has 1 aromatic rings. The predicted molar refractivity (Wildman–Crippen MR) is 67.9 cm³/mol. The Kier molecular flexibility index (Phi) is 5.00. The van der Waals surface area contributed by atoms with Crippen LogP contribution < -0.4 is 5.32 Å². The number of ketones is 1. The number of pyridine rings is 1. The quantitative estimate of drug-likeness (QED) is 0.631. The average molecular weight is 238 g/mol. The number of anilines is 1. The molecule has 1 heterocycles. The number of Topliss-reactive ketones (excluding diaryl/α,β-unsaturated/α-hetero) is 1. The second-order valence-electron chi connectivity index (χ2n) is 2.64. The molecule has 0 spiro atoms. The van der Waals surface area contributed by atoms with Crippen LogP contribution in [0, 0.1) is 0 Å². The standard InChI is InChI=1S/C10H10N2OS2/c1-8(13)9(15-7-14)6-12-10-4-2-3-5-11-10/h2-7H,1H3,(H,11,12)/b9-6+. The first-order valence-corrected chi connectivity index (χ1v) is 5.58. The third-order valence-corrected chi connectivity index (χ3v) is 2.58. The summed E-state index contributed by atoms with van der Waals surface area (Å²) in [5, 5.41) is 2.93. The normalized spacial score (nSPS) is 10.9. The molecule has 0 unspecified atom stereocenters. The van der Waals surface area contributed by atoms with E-state index < -0.39 is 0 Å². The summed E-state index contributed by atoms with van der Waals surface area (Å²) in [6.07, 6.45) is 3.29. The highest BCUT2D eigenvalue weighted by molar-refractivity contribution is 8.23. The minimum atomic E-state index is -0.0236. The van der Waals surface area contributed by atoms with Crippen LogP contribution in [0.25, 0.3) is 0 Å². The van der Waals surface area contributed by atoms with Gasteiger partial charge in [0, 0.05) is 17.1 Å². The number of aromatic nitrogens is 1. The van der Waals surface area contributed by atoms with E-state index in [9.17, 15) is 4.79 Å². The van der Waals surface area contributed by atoms with E-state index in [0.717, 1.165) is 0 Å². The highest BCUT2D eigenvalue weighted by atomic mass is 32.2. The molecule has 0 radical (unpaired) electrons. The molecule has 3 nitrogen and oxygen atoms in total. The van der Waals surface area contributed by atoms with Crippen molar-refractivity contribution < 1.29 is 4.79 Å². The number of thioether (sulfide) groups is 1. The molecule has 5 heteroatoms. The molecule has 0 saturated heterocycles. The summed E-state index contributed by atoms with van der Waals surface area (Å²) >= 11 is 5.89. The molecule has 78 valence electrons. The lowest BCUT2D eigenvalue weighted by molar-refractivity contribution is -0.112. The lowest BCUT2D eigenvalue weighted by Gasteiger charge is -2.01. The minimum Gasteiger partial charge on any atom is -0.345 e. The fourth-order valence-electron chi connectivity index (χ4n) is 0.858. The molecule has 1 rings (SSSR count). The third kappa shape index (κ3) is 4.22. The van der Waals surface area contributed by atoms with Gasteiger partial charge in [0.2, 0.25) is 0 Å². The fourth-order valence-corrected chi connectivity index (χ4v) is 1.57. The van der Waals surface area contributed by atoms with Crippen molar-refractivity contribution in [3.05, 3.63) is 35.5 Å². The monoisotopic (exact) mass is 238 g/mol. The van der Waals surface area contributed by atoms with Crippen LogP contribution in [0.3, 0.4) is 0 Å². The van der Waals surface area contributed by atoms with Crippen LogP contribution >= 0.6 is 24.0 Å². The molecule has 1 aromatic heterocycles. The van der Waals surface area contributed by atoms with Crippen molar-refractivity contribution in [2.45, 2.75) is 6.92 Å². The molecule has 0 amide bonds. The van der Waals surface area contributed by atoms with Crippen molar-refractivity contribution in [3.8, 4) is 0 Å². The minimum absolute atomic E-state index is 0.0236. The Morgan fingerprint density at radius 2 is 2.40 bits per heavy atom. The number of carbonyl (C=O) groups is 1. The molecule has 0 bridgehead atoms.